The lowest BCUT2D eigenvalue weighted by molar-refractivity contribution is -0.139. The average molecular weight is 376 g/mol. The van der Waals surface area contributed by atoms with Gasteiger partial charge in [0.15, 0.2) is 0 Å². The first-order chi connectivity index (χ1) is 13.0. The molecule has 3 fully saturated rings. The third kappa shape index (κ3) is 5.03. The summed E-state index contributed by atoms with van der Waals surface area (Å²) < 4.78 is 0. The van der Waals surface area contributed by atoms with Gasteiger partial charge in [-0.3, -0.25) is 15.0 Å². The summed E-state index contributed by atoms with van der Waals surface area (Å²) >= 11 is 0. The minimum Gasteiger partial charge on any atom is -0.480 e. The molecule has 1 saturated heterocycles. The SMILES string of the molecule is CCCC1CCC2NC(N(C)CC(=O)O)CC(C3CCCC(C#N)C3)C2C1. The van der Waals surface area contributed by atoms with E-state index in [2.05, 4.69) is 18.3 Å². The third-order valence-corrected chi connectivity index (χ3v) is 7.58. The van der Waals surface area contributed by atoms with Crippen LogP contribution in [0.1, 0.15) is 71.1 Å². The fourth-order valence-corrected chi connectivity index (χ4v) is 6.30. The lowest BCUT2D eigenvalue weighted by Crippen LogP contribution is -2.60. The highest BCUT2D eigenvalue weighted by Crippen LogP contribution is 2.47. The fourth-order valence-electron chi connectivity index (χ4n) is 6.30. The van der Waals surface area contributed by atoms with Crippen molar-refractivity contribution in [3.63, 3.8) is 0 Å². The molecule has 152 valence electrons. The lowest BCUT2D eigenvalue weighted by atomic mass is 9.61. The molecule has 0 spiro atoms. The number of rotatable bonds is 6. The van der Waals surface area contributed by atoms with E-state index in [9.17, 15) is 15.2 Å². The average Bonchev–Trinajstić information content (AvgIpc) is 2.67. The number of nitrogens with zero attached hydrogens (tertiary/aromatic N) is 2. The third-order valence-electron chi connectivity index (χ3n) is 7.58. The van der Waals surface area contributed by atoms with Gasteiger partial charge in [0, 0.05) is 12.0 Å². The minimum atomic E-state index is -0.758. The second-order valence-electron chi connectivity index (χ2n) is 9.38. The topological polar surface area (TPSA) is 76.4 Å². The van der Waals surface area contributed by atoms with E-state index in [0.717, 1.165) is 25.2 Å². The molecule has 1 heterocycles. The quantitative estimate of drug-likeness (QED) is 0.737. The molecule has 0 aromatic heterocycles. The van der Waals surface area contributed by atoms with E-state index >= 15 is 0 Å². The Kier molecular flexibility index (Phi) is 7.16. The fraction of sp³-hybridized carbons (Fsp3) is 0.909. The largest absolute Gasteiger partial charge is 0.480 e. The Morgan fingerprint density at radius 1 is 1.19 bits per heavy atom. The minimum absolute atomic E-state index is 0.0890. The van der Waals surface area contributed by atoms with Crippen LogP contribution in [-0.4, -0.2) is 41.8 Å². The summed E-state index contributed by atoms with van der Waals surface area (Å²) in [6.45, 7) is 2.38. The molecule has 3 rings (SSSR count). The molecule has 0 radical (unpaired) electrons. The zero-order valence-electron chi connectivity index (χ0n) is 17.1. The number of carboxylic acids is 1. The smallest absolute Gasteiger partial charge is 0.317 e. The molecule has 5 nitrogen and oxygen atoms in total. The maximum atomic E-state index is 11.2. The number of carbonyl (C=O) groups is 1. The van der Waals surface area contributed by atoms with Crippen molar-refractivity contribution in [3.05, 3.63) is 0 Å². The van der Waals surface area contributed by atoms with Gasteiger partial charge < -0.3 is 5.11 Å². The Hall–Kier alpha value is -1.12. The van der Waals surface area contributed by atoms with E-state index in [0.29, 0.717) is 23.8 Å². The van der Waals surface area contributed by atoms with Crippen LogP contribution in [0, 0.1) is 40.9 Å². The highest BCUT2D eigenvalue weighted by Gasteiger charge is 2.45. The number of likely N-dealkylation sites (N-methyl/N-ethyl adjacent to an activating group) is 1. The van der Waals surface area contributed by atoms with Crippen LogP contribution < -0.4 is 5.32 Å². The zero-order valence-corrected chi connectivity index (χ0v) is 17.1. The molecule has 7 unspecified atom stereocenters. The van der Waals surface area contributed by atoms with Gasteiger partial charge in [-0.1, -0.05) is 32.6 Å². The van der Waals surface area contributed by atoms with Crippen molar-refractivity contribution in [1.82, 2.24) is 10.2 Å². The molecule has 5 heteroatoms. The summed E-state index contributed by atoms with van der Waals surface area (Å²) in [6.07, 6.45) is 12.2. The first kappa shape index (κ1) is 20.6. The Morgan fingerprint density at radius 3 is 2.70 bits per heavy atom. The van der Waals surface area contributed by atoms with Gasteiger partial charge in [-0.2, -0.15) is 5.26 Å². The molecule has 0 aromatic rings. The van der Waals surface area contributed by atoms with Crippen molar-refractivity contribution in [1.29, 1.82) is 5.26 Å². The van der Waals surface area contributed by atoms with E-state index < -0.39 is 5.97 Å². The summed E-state index contributed by atoms with van der Waals surface area (Å²) in [7, 11) is 1.94. The Balaban J connectivity index is 1.76. The van der Waals surface area contributed by atoms with Crippen molar-refractivity contribution < 1.29 is 9.90 Å². The van der Waals surface area contributed by atoms with Gasteiger partial charge >= 0.3 is 5.97 Å². The van der Waals surface area contributed by atoms with Crippen LogP contribution in [0.2, 0.25) is 0 Å². The van der Waals surface area contributed by atoms with Gasteiger partial charge in [-0.25, -0.2) is 0 Å². The maximum absolute atomic E-state index is 11.2. The van der Waals surface area contributed by atoms with Crippen LogP contribution in [-0.2, 0) is 4.79 Å². The van der Waals surface area contributed by atoms with Crippen LogP contribution in [0.5, 0.6) is 0 Å². The lowest BCUT2D eigenvalue weighted by Gasteiger charge is -2.52. The molecule has 7 atom stereocenters. The first-order valence-electron chi connectivity index (χ1n) is 11.1. The predicted octanol–water partition coefficient (Wildman–Crippen LogP) is 3.85. The van der Waals surface area contributed by atoms with E-state index in [-0.39, 0.29) is 18.6 Å². The maximum Gasteiger partial charge on any atom is 0.317 e. The van der Waals surface area contributed by atoms with E-state index in [1.165, 1.54) is 44.9 Å². The van der Waals surface area contributed by atoms with Crippen molar-refractivity contribution in [3.8, 4) is 6.07 Å². The number of hydrogen-bond donors (Lipinski definition) is 2. The number of nitrogens with one attached hydrogen (secondary N) is 1. The van der Waals surface area contributed by atoms with Gasteiger partial charge in [0.2, 0.25) is 0 Å². The predicted molar refractivity (Wildman–Crippen MR) is 106 cm³/mol. The number of hydrogen-bond acceptors (Lipinski definition) is 4. The number of piperidine rings is 1. The molecule has 2 N–H and O–H groups in total. The van der Waals surface area contributed by atoms with Gasteiger partial charge in [0.05, 0.1) is 18.8 Å². The number of aliphatic carboxylic acids is 1. The van der Waals surface area contributed by atoms with Crippen molar-refractivity contribution >= 4 is 5.97 Å². The van der Waals surface area contributed by atoms with E-state index in [1.807, 2.05) is 11.9 Å². The number of fused-ring (bicyclic) bond motifs is 1. The number of nitriles is 1. The molecule has 0 bridgehead atoms. The zero-order chi connectivity index (χ0) is 19.4. The van der Waals surface area contributed by atoms with Gasteiger partial charge in [0.25, 0.3) is 0 Å². The van der Waals surface area contributed by atoms with Crippen LogP contribution in [0.25, 0.3) is 0 Å². The molecule has 2 saturated carbocycles. The highest BCUT2D eigenvalue weighted by molar-refractivity contribution is 5.69. The van der Waals surface area contributed by atoms with Crippen LogP contribution >= 0.6 is 0 Å². The normalized spacial score (nSPS) is 39.6. The van der Waals surface area contributed by atoms with E-state index in [1.54, 1.807) is 0 Å². The summed E-state index contributed by atoms with van der Waals surface area (Å²) in [5.74, 6) is 2.29. The second-order valence-corrected chi connectivity index (χ2v) is 9.38. The van der Waals surface area contributed by atoms with Crippen molar-refractivity contribution in [2.24, 2.45) is 29.6 Å². The van der Waals surface area contributed by atoms with E-state index in [4.69, 9.17) is 0 Å². The van der Waals surface area contributed by atoms with Crippen molar-refractivity contribution in [2.75, 3.05) is 13.6 Å². The standard InChI is InChI=1S/C22H37N3O2/c1-3-5-15-8-9-20-19(11-15)18(17-7-4-6-16(10-17)13-23)12-21(24-20)25(2)14-22(26)27/h15-21,24H,3-12,14H2,1-2H3,(H,26,27). The summed E-state index contributed by atoms with van der Waals surface area (Å²) in [6, 6.07) is 3.04. The molecule has 2 aliphatic carbocycles. The molecule has 1 aliphatic heterocycles. The Morgan fingerprint density at radius 2 is 2.00 bits per heavy atom. The van der Waals surface area contributed by atoms with Crippen LogP contribution in [0.4, 0.5) is 0 Å². The highest BCUT2D eigenvalue weighted by atomic mass is 16.4. The second kappa shape index (κ2) is 9.39. The monoisotopic (exact) mass is 375 g/mol. The van der Waals surface area contributed by atoms with Crippen LogP contribution in [0.3, 0.4) is 0 Å². The van der Waals surface area contributed by atoms with Crippen molar-refractivity contribution in [2.45, 2.75) is 83.3 Å². The summed E-state index contributed by atoms with van der Waals surface area (Å²) in [5.41, 5.74) is 0. The summed E-state index contributed by atoms with van der Waals surface area (Å²) in [5, 5.41) is 22.5. The molecule has 0 aromatic carbocycles. The number of carboxylic acid groups (broad SMARTS) is 1. The molecule has 27 heavy (non-hydrogen) atoms. The summed E-state index contributed by atoms with van der Waals surface area (Å²) in [4.78, 5) is 13.2. The molecular weight excluding hydrogens is 338 g/mol. The van der Waals surface area contributed by atoms with Gasteiger partial charge in [0.1, 0.15) is 0 Å². The Labute approximate surface area is 164 Å². The van der Waals surface area contributed by atoms with Gasteiger partial charge in [-0.15, -0.1) is 0 Å². The van der Waals surface area contributed by atoms with Gasteiger partial charge in [-0.05, 0) is 69.2 Å². The molecular formula is C22H37N3O2. The Bertz CT molecular complexity index is 546. The van der Waals surface area contributed by atoms with Crippen LogP contribution in [0.15, 0.2) is 0 Å². The first-order valence-corrected chi connectivity index (χ1v) is 11.1. The molecule has 3 aliphatic rings. The molecule has 0 amide bonds.